The first-order valence-corrected chi connectivity index (χ1v) is 6.59. The summed E-state index contributed by atoms with van der Waals surface area (Å²) in [6.45, 7) is 6.31. The van der Waals surface area contributed by atoms with Gasteiger partial charge in [-0.3, -0.25) is 9.78 Å². The Bertz CT molecular complexity index is 394. The summed E-state index contributed by atoms with van der Waals surface area (Å²) in [6.07, 6.45) is 4.21. The van der Waals surface area contributed by atoms with Gasteiger partial charge >= 0.3 is 0 Å². The number of hydrogen-bond acceptors (Lipinski definition) is 4. The maximum absolute atomic E-state index is 11.9. The molecule has 2 N–H and O–H groups in total. The van der Waals surface area contributed by atoms with Crippen LogP contribution in [0.3, 0.4) is 0 Å². The molecule has 0 fully saturated rings. The van der Waals surface area contributed by atoms with Gasteiger partial charge in [-0.2, -0.15) is 0 Å². The predicted molar refractivity (Wildman–Crippen MR) is 76.4 cm³/mol. The van der Waals surface area contributed by atoms with E-state index in [2.05, 4.69) is 29.5 Å². The molecule has 0 radical (unpaired) electrons. The van der Waals surface area contributed by atoms with E-state index in [1.165, 1.54) is 0 Å². The Morgan fingerprint density at radius 1 is 1.42 bits per heavy atom. The molecule has 106 valence electrons. The standard InChI is InChI=1S/C14H23N3O2/c1-11(2)8-17-14(18)12-7-13(10-15-9-12)16-5-4-6-19-3/h7,9-11,16H,4-6,8H2,1-3H3,(H,17,18). The number of ether oxygens (including phenoxy) is 1. The molecule has 19 heavy (non-hydrogen) atoms. The third-order valence-corrected chi connectivity index (χ3v) is 2.53. The number of pyridine rings is 1. The number of amides is 1. The Kier molecular flexibility index (Phi) is 6.89. The Labute approximate surface area is 114 Å². The fraction of sp³-hybridized carbons (Fsp3) is 0.571. The van der Waals surface area contributed by atoms with Crippen molar-refractivity contribution in [1.29, 1.82) is 0 Å². The second-order valence-corrected chi connectivity index (χ2v) is 4.84. The number of rotatable bonds is 8. The second kappa shape index (κ2) is 8.48. The van der Waals surface area contributed by atoms with Crippen molar-refractivity contribution in [2.75, 3.05) is 32.1 Å². The van der Waals surface area contributed by atoms with Gasteiger partial charge in [0.2, 0.25) is 0 Å². The monoisotopic (exact) mass is 265 g/mol. The van der Waals surface area contributed by atoms with Crippen LogP contribution in [-0.4, -0.2) is 37.7 Å². The highest BCUT2D eigenvalue weighted by atomic mass is 16.5. The maximum Gasteiger partial charge on any atom is 0.252 e. The van der Waals surface area contributed by atoms with E-state index in [0.717, 1.165) is 25.3 Å². The summed E-state index contributed by atoms with van der Waals surface area (Å²) >= 11 is 0. The molecule has 1 amide bonds. The first-order chi connectivity index (χ1) is 9.13. The van der Waals surface area contributed by atoms with Gasteiger partial charge in [0.25, 0.3) is 5.91 Å². The van der Waals surface area contributed by atoms with Gasteiger partial charge in [0.05, 0.1) is 11.3 Å². The first-order valence-electron chi connectivity index (χ1n) is 6.59. The molecule has 5 heteroatoms. The van der Waals surface area contributed by atoms with Crippen molar-refractivity contribution in [2.45, 2.75) is 20.3 Å². The second-order valence-electron chi connectivity index (χ2n) is 4.84. The number of methoxy groups -OCH3 is 1. The van der Waals surface area contributed by atoms with Crippen LogP contribution >= 0.6 is 0 Å². The summed E-state index contributed by atoms with van der Waals surface area (Å²) in [5.74, 6) is 0.356. The van der Waals surface area contributed by atoms with Crippen LogP contribution in [0.5, 0.6) is 0 Å². The number of aromatic nitrogens is 1. The van der Waals surface area contributed by atoms with Crippen LogP contribution in [0.4, 0.5) is 5.69 Å². The van der Waals surface area contributed by atoms with E-state index in [4.69, 9.17) is 4.74 Å². The van der Waals surface area contributed by atoms with Gasteiger partial charge in [0.15, 0.2) is 0 Å². The van der Waals surface area contributed by atoms with Crippen LogP contribution in [0.1, 0.15) is 30.6 Å². The smallest absolute Gasteiger partial charge is 0.252 e. The van der Waals surface area contributed by atoms with E-state index in [9.17, 15) is 4.79 Å². The molecule has 0 saturated carbocycles. The van der Waals surface area contributed by atoms with Crippen LogP contribution < -0.4 is 10.6 Å². The lowest BCUT2D eigenvalue weighted by Gasteiger charge is -2.09. The number of carbonyl (C=O) groups is 1. The molecule has 0 atom stereocenters. The third kappa shape index (κ3) is 6.20. The molecule has 1 rings (SSSR count). The molecule has 0 spiro atoms. The van der Waals surface area contributed by atoms with Crippen LogP contribution in [0.25, 0.3) is 0 Å². The minimum atomic E-state index is -0.0817. The topological polar surface area (TPSA) is 63.2 Å². The zero-order valence-electron chi connectivity index (χ0n) is 11.9. The molecule has 0 saturated heterocycles. The van der Waals surface area contributed by atoms with Gasteiger partial charge < -0.3 is 15.4 Å². The SMILES string of the molecule is COCCCNc1cncc(C(=O)NCC(C)C)c1. The average Bonchev–Trinajstić information content (AvgIpc) is 2.41. The molecule has 1 aromatic heterocycles. The molecule has 5 nitrogen and oxygen atoms in total. The molecule has 1 heterocycles. The number of nitrogens with zero attached hydrogens (tertiary/aromatic N) is 1. The summed E-state index contributed by atoms with van der Waals surface area (Å²) in [5.41, 5.74) is 1.44. The Morgan fingerprint density at radius 2 is 2.21 bits per heavy atom. The quantitative estimate of drug-likeness (QED) is 0.705. The maximum atomic E-state index is 11.9. The largest absolute Gasteiger partial charge is 0.385 e. The Balaban J connectivity index is 2.49. The van der Waals surface area contributed by atoms with Crippen LogP contribution in [0.15, 0.2) is 18.5 Å². The molecule has 1 aromatic rings. The van der Waals surface area contributed by atoms with Crippen LogP contribution in [0.2, 0.25) is 0 Å². The van der Waals surface area contributed by atoms with Crippen LogP contribution in [0, 0.1) is 5.92 Å². The Morgan fingerprint density at radius 3 is 2.89 bits per heavy atom. The third-order valence-electron chi connectivity index (χ3n) is 2.53. The predicted octanol–water partition coefficient (Wildman–Crippen LogP) is 1.92. The lowest BCUT2D eigenvalue weighted by atomic mass is 10.2. The van der Waals surface area contributed by atoms with Gasteiger partial charge in [-0.05, 0) is 18.4 Å². The fourth-order valence-electron chi connectivity index (χ4n) is 1.51. The van der Waals surface area contributed by atoms with Crippen molar-refractivity contribution in [1.82, 2.24) is 10.3 Å². The number of nitrogens with one attached hydrogen (secondary N) is 2. The molecule has 0 bridgehead atoms. The summed E-state index contributed by atoms with van der Waals surface area (Å²) < 4.78 is 4.98. The minimum Gasteiger partial charge on any atom is -0.385 e. The van der Waals surface area contributed by atoms with Gasteiger partial charge in [-0.25, -0.2) is 0 Å². The summed E-state index contributed by atoms with van der Waals surface area (Å²) in [4.78, 5) is 16.0. The van der Waals surface area contributed by atoms with Crippen molar-refractivity contribution >= 4 is 11.6 Å². The van der Waals surface area contributed by atoms with E-state index in [1.54, 1.807) is 19.5 Å². The Hall–Kier alpha value is -1.62. The van der Waals surface area contributed by atoms with Crippen LogP contribution in [-0.2, 0) is 4.74 Å². The van der Waals surface area contributed by atoms with E-state index in [1.807, 2.05) is 6.07 Å². The highest BCUT2D eigenvalue weighted by molar-refractivity contribution is 5.94. The van der Waals surface area contributed by atoms with E-state index in [-0.39, 0.29) is 5.91 Å². The molecule has 0 aromatic carbocycles. The summed E-state index contributed by atoms with van der Waals surface area (Å²) in [6, 6.07) is 1.81. The number of hydrogen-bond donors (Lipinski definition) is 2. The van der Waals surface area contributed by atoms with Crippen molar-refractivity contribution < 1.29 is 9.53 Å². The lowest BCUT2D eigenvalue weighted by Crippen LogP contribution is -2.27. The zero-order valence-corrected chi connectivity index (χ0v) is 11.9. The molecular weight excluding hydrogens is 242 g/mol. The van der Waals surface area contributed by atoms with Crippen molar-refractivity contribution in [3.8, 4) is 0 Å². The molecule has 0 unspecified atom stereocenters. The molecular formula is C14H23N3O2. The van der Waals surface area contributed by atoms with Gasteiger partial charge in [0.1, 0.15) is 0 Å². The lowest BCUT2D eigenvalue weighted by molar-refractivity contribution is 0.0948. The van der Waals surface area contributed by atoms with E-state index in [0.29, 0.717) is 18.0 Å². The fourth-order valence-corrected chi connectivity index (χ4v) is 1.51. The van der Waals surface area contributed by atoms with Crippen molar-refractivity contribution in [3.63, 3.8) is 0 Å². The molecule has 0 aliphatic carbocycles. The van der Waals surface area contributed by atoms with E-state index >= 15 is 0 Å². The number of anilines is 1. The van der Waals surface area contributed by atoms with Gasteiger partial charge in [0, 0.05) is 39.2 Å². The summed E-state index contributed by atoms with van der Waals surface area (Å²) in [5, 5.41) is 6.09. The summed E-state index contributed by atoms with van der Waals surface area (Å²) in [7, 11) is 1.68. The molecule has 0 aliphatic rings. The molecule has 0 aliphatic heterocycles. The average molecular weight is 265 g/mol. The van der Waals surface area contributed by atoms with Crippen molar-refractivity contribution in [3.05, 3.63) is 24.0 Å². The highest BCUT2D eigenvalue weighted by Gasteiger charge is 2.07. The van der Waals surface area contributed by atoms with Gasteiger partial charge in [-0.15, -0.1) is 0 Å². The van der Waals surface area contributed by atoms with E-state index < -0.39 is 0 Å². The normalized spacial score (nSPS) is 10.5. The first kappa shape index (κ1) is 15.4. The van der Waals surface area contributed by atoms with Gasteiger partial charge in [-0.1, -0.05) is 13.8 Å². The number of carbonyl (C=O) groups excluding carboxylic acids is 1. The minimum absolute atomic E-state index is 0.0817. The zero-order chi connectivity index (χ0) is 14.1. The van der Waals surface area contributed by atoms with Crippen molar-refractivity contribution in [2.24, 2.45) is 5.92 Å². The highest BCUT2D eigenvalue weighted by Crippen LogP contribution is 2.08.